The number of aryl methyl sites for hydroxylation is 1. The fraction of sp³-hybridized carbons (Fsp3) is 0.300. The third kappa shape index (κ3) is 3.53. The van der Waals surface area contributed by atoms with Gasteiger partial charge in [-0.2, -0.15) is 0 Å². The molecule has 6 N–H and O–H groups in total. The molecule has 3 aromatic rings. The molecule has 0 aliphatic rings. The maximum Gasteiger partial charge on any atom is 0.145 e. The Morgan fingerprint density at radius 3 is 2.81 bits per heavy atom. The number of benzene rings is 1. The molecule has 2 aromatic heterocycles. The van der Waals surface area contributed by atoms with Crippen LogP contribution in [0.5, 0.6) is 5.75 Å². The van der Waals surface area contributed by atoms with E-state index < -0.39 is 0 Å². The monoisotopic (exact) mass is 366 g/mol. The number of rotatable bonds is 6. The Kier molecular flexibility index (Phi) is 4.94. The van der Waals surface area contributed by atoms with Gasteiger partial charge in [-0.15, -0.1) is 0 Å². The lowest BCUT2D eigenvalue weighted by Gasteiger charge is -2.12. The third-order valence-corrected chi connectivity index (χ3v) is 4.76. The van der Waals surface area contributed by atoms with Gasteiger partial charge in [0.05, 0.1) is 23.7 Å². The maximum absolute atomic E-state index is 6.21. The van der Waals surface area contributed by atoms with E-state index in [2.05, 4.69) is 40.7 Å². The van der Waals surface area contributed by atoms with Gasteiger partial charge in [0.2, 0.25) is 0 Å². The van der Waals surface area contributed by atoms with Crippen LogP contribution in [0.3, 0.4) is 0 Å². The number of aromatic amines is 1. The zero-order valence-electron chi connectivity index (χ0n) is 16.2. The van der Waals surface area contributed by atoms with Crippen LogP contribution in [-0.2, 0) is 0 Å². The molecule has 3 rings (SSSR count). The lowest BCUT2D eigenvalue weighted by Crippen LogP contribution is -2.12. The number of nitrogens with two attached hydrogens (primary N) is 2. The first-order valence-electron chi connectivity index (χ1n) is 8.90. The summed E-state index contributed by atoms with van der Waals surface area (Å²) < 4.78 is 5.36. The van der Waals surface area contributed by atoms with Gasteiger partial charge >= 0.3 is 0 Å². The van der Waals surface area contributed by atoms with Gasteiger partial charge in [0.1, 0.15) is 28.9 Å². The second-order valence-corrected chi connectivity index (χ2v) is 6.72. The number of anilines is 2. The van der Waals surface area contributed by atoms with Gasteiger partial charge in [-0.25, -0.2) is 9.97 Å². The Balaban J connectivity index is 2.13. The van der Waals surface area contributed by atoms with Crippen molar-refractivity contribution in [1.82, 2.24) is 15.0 Å². The SMILES string of the molecule is C=C(/C=C(\N)Nc1nc(C)nc2[nH]c3cc(N)c(OC)cc3c12)C(C)CC. The minimum atomic E-state index is 0.359. The van der Waals surface area contributed by atoms with Crippen molar-refractivity contribution in [3.8, 4) is 5.75 Å². The van der Waals surface area contributed by atoms with Gasteiger partial charge in [-0.3, -0.25) is 0 Å². The summed E-state index contributed by atoms with van der Waals surface area (Å²) in [5.41, 5.74) is 15.3. The van der Waals surface area contributed by atoms with Crippen LogP contribution < -0.4 is 21.5 Å². The summed E-state index contributed by atoms with van der Waals surface area (Å²) in [6.07, 6.45) is 2.86. The molecule has 0 aliphatic carbocycles. The number of ether oxygens (including phenoxy) is 1. The van der Waals surface area contributed by atoms with E-state index in [0.717, 1.165) is 28.3 Å². The lowest BCUT2D eigenvalue weighted by atomic mass is 10.00. The molecule has 0 amide bonds. The van der Waals surface area contributed by atoms with E-state index in [9.17, 15) is 0 Å². The lowest BCUT2D eigenvalue weighted by molar-refractivity contribution is 0.417. The van der Waals surface area contributed by atoms with Gasteiger partial charge in [0, 0.05) is 5.39 Å². The van der Waals surface area contributed by atoms with Crippen LogP contribution >= 0.6 is 0 Å². The zero-order valence-corrected chi connectivity index (χ0v) is 16.2. The average Bonchev–Trinajstić information content (AvgIpc) is 2.96. The number of methoxy groups -OCH3 is 1. The van der Waals surface area contributed by atoms with E-state index >= 15 is 0 Å². The van der Waals surface area contributed by atoms with Crippen molar-refractivity contribution in [2.24, 2.45) is 11.7 Å². The number of nitrogen functional groups attached to an aromatic ring is 1. The molecule has 7 heteroatoms. The van der Waals surface area contributed by atoms with E-state index in [1.54, 1.807) is 7.11 Å². The van der Waals surface area contributed by atoms with Gasteiger partial charge in [0.25, 0.3) is 0 Å². The summed E-state index contributed by atoms with van der Waals surface area (Å²) in [5.74, 6) is 2.70. The first-order chi connectivity index (χ1) is 12.8. The number of fused-ring (bicyclic) bond motifs is 3. The van der Waals surface area contributed by atoms with Crippen molar-refractivity contribution in [2.45, 2.75) is 27.2 Å². The van der Waals surface area contributed by atoms with Crippen LogP contribution in [0.1, 0.15) is 26.1 Å². The fourth-order valence-electron chi connectivity index (χ4n) is 3.00. The molecule has 142 valence electrons. The highest BCUT2D eigenvalue weighted by Gasteiger charge is 2.15. The van der Waals surface area contributed by atoms with Crippen LogP contribution in [0.15, 0.2) is 36.2 Å². The number of nitrogens with one attached hydrogen (secondary N) is 2. The largest absolute Gasteiger partial charge is 0.495 e. The minimum absolute atomic E-state index is 0.359. The third-order valence-electron chi connectivity index (χ3n) is 4.76. The number of H-pyrrole nitrogens is 1. The molecule has 0 radical (unpaired) electrons. The Bertz CT molecular complexity index is 1050. The van der Waals surface area contributed by atoms with E-state index in [-0.39, 0.29) is 0 Å². The summed E-state index contributed by atoms with van der Waals surface area (Å²) >= 11 is 0. The quantitative estimate of drug-likeness (QED) is 0.389. The van der Waals surface area contributed by atoms with Crippen LogP contribution in [0.25, 0.3) is 21.9 Å². The summed E-state index contributed by atoms with van der Waals surface area (Å²) in [5, 5.41) is 4.94. The molecule has 1 atom stereocenters. The predicted octanol–water partition coefficient (Wildman–Crippen LogP) is 3.82. The van der Waals surface area contributed by atoms with Crippen LogP contribution in [-0.4, -0.2) is 22.1 Å². The molecule has 2 heterocycles. The Morgan fingerprint density at radius 1 is 1.41 bits per heavy atom. The minimum Gasteiger partial charge on any atom is -0.495 e. The van der Waals surface area contributed by atoms with Crippen LogP contribution in [0, 0.1) is 12.8 Å². The smallest absolute Gasteiger partial charge is 0.145 e. The van der Waals surface area contributed by atoms with Crippen LogP contribution in [0.4, 0.5) is 11.5 Å². The highest BCUT2D eigenvalue weighted by molar-refractivity contribution is 6.12. The fourth-order valence-corrected chi connectivity index (χ4v) is 3.00. The highest BCUT2D eigenvalue weighted by Crippen LogP contribution is 2.35. The van der Waals surface area contributed by atoms with Crippen molar-refractivity contribution in [1.29, 1.82) is 0 Å². The number of allylic oxidation sites excluding steroid dienone is 2. The molecular weight excluding hydrogens is 340 g/mol. The van der Waals surface area contributed by atoms with Crippen molar-refractivity contribution in [3.63, 3.8) is 0 Å². The molecule has 0 spiro atoms. The van der Waals surface area contributed by atoms with Gasteiger partial charge < -0.3 is 26.5 Å². The number of hydrogen-bond acceptors (Lipinski definition) is 6. The number of aromatic nitrogens is 3. The van der Waals surface area contributed by atoms with Crippen molar-refractivity contribution in [2.75, 3.05) is 18.2 Å². The summed E-state index contributed by atoms with van der Waals surface area (Å²) in [6.45, 7) is 10.2. The number of hydrogen-bond donors (Lipinski definition) is 4. The topological polar surface area (TPSA) is 115 Å². The molecular formula is C20H26N6O. The molecule has 27 heavy (non-hydrogen) atoms. The normalized spacial score (nSPS) is 13.1. The molecule has 0 aliphatic heterocycles. The van der Waals surface area contributed by atoms with Gasteiger partial charge in [0.15, 0.2) is 0 Å². The predicted molar refractivity (Wildman–Crippen MR) is 112 cm³/mol. The van der Waals surface area contributed by atoms with E-state index in [0.29, 0.717) is 40.5 Å². The van der Waals surface area contributed by atoms with Crippen molar-refractivity contribution < 1.29 is 4.74 Å². The highest BCUT2D eigenvalue weighted by atomic mass is 16.5. The molecule has 1 aromatic carbocycles. The molecule has 0 fully saturated rings. The molecule has 0 bridgehead atoms. The Hall–Kier alpha value is -3.22. The van der Waals surface area contributed by atoms with Crippen molar-refractivity contribution in [3.05, 3.63) is 42.0 Å². The molecule has 1 unspecified atom stereocenters. The Morgan fingerprint density at radius 2 is 2.15 bits per heavy atom. The average molecular weight is 366 g/mol. The second kappa shape index (κ2) is 7.19. The summed E-state index contributed by atoms with van der Waals surface area (Å²) in [7, 11) is 1.59. The van der Waals surface area contributed by atoms with Gasteiger partial charge in [-0.05, 0) is 43.0 Å². The summed E-state index contributed by atoms with van der Waals surface area (Å²) in [4.78, 5) is 12.3. The Labute approximate surface area is 158 Å². The summed E-state index contributed by atoms with van der Waals surface area (Å²) in [6, 6.07) is 3.71. The maximum atomic E-state index is 6.21. The van der Waals surface area contributed by atoms with Crippen molar-refractivity contribution >= 4 is 33.4 Å². The van der Waals surface area contributed by atoms with Gasteiger partial charge in [-0.1, -0.05) is 20.4 Å². The van der Waals surface area contributed by atoms with Crippen LogP contribution in [0.2, 0.25) is 0 Å². The first kappa shape index (κ1) is 18.6. The first-order valence-corrected chi connectivity index (χ1v) is 8.90. The second-order valence-electron chi connectivity index (χ2n) is 6.72. The van der Waals surface area contributed by atoms with E-state index in [1.165, 1.54) is 0 Å². The molecule has 0 saturated carbocycles. The zero-order chi connectivity index (χ0) is 19.7. The molecule has 7 nitrogen and oxygen atoms in total. The molecule has 0 saturated heterocycles. The number of nitrogens with zero attached hydrogens (tertiary/aromatic N) is 2. The van der Waals surface area contributed by atoms with E-state index in [4.69, 9.17) is 16.2 Å². The standard InChI is InChI=1S/C20H26N6O/c1-6-10(2)11(3)7-17(22)26-20-18-13-8-16(27-5)14(21)9-15(13)25-19(18)23-12(4)24-20/h7-10H,3,6,21-22H2,1-2,4-5H3,(H2,23,24,25,26)/b17-7+. The van der Waals surface area contributed by atoms with E-state index in [1.807, 2.05) is 25.1 Å².